The van der Waals surface area contributed by atoms with E-state index in [2.05, 4.69) is 55.8 Å². The fourth-order valence-corrected chi connectivity index (χ4v) is 5.26. The van der Waals surface area contributed by atoms with Gasteiger partial charge < -0.3 is 15.5 Å². The van der Waals surface area contributed by atoms with E-state index in [1.807, 2.05) is 7.05 Å². The number of nitrogens with zero attached hydrogens (tertiary/aromatic N) is 3. The highest BCUT2D eigenvalue weighted by Crippen LogP contribution is 2.28. The number of hydrogen-bond acceptors (Lipinski definition) is 3. The number of guanidine groups is 1. The van der Waals surface area contributed by atoms with E-state index in [1.54, 1.807) is 0 Å². The van der Waals surface area contributed by atoms with Crippen molar-refractivity contribution in [2.45, 2.75) is 63.6 Å². The van der Waals surface area contributed by atoms with Crippen molar-refractivity contribution in [2.24, 2.45) is 10.9 Å². The molecule has 2 atom stereocenters. The maximum absolute atomic E-state index is 12.7. The van der Waals surface area contributed by atoms with Crippen molar-refractivity contribution in [3.05, 3.63) is 35.9 Å². The normalized spacial score (nSPS) is 25.8. The van der Waals surface area contributed by atoms with Gasteiger partial charge in [-0.3, -0.25) is 14.7 Å². The third-order valence-electron chi connectivity index (χ3n) is 7.00. The maximum atomic E-state index is 12.7. The second-order valence-corrected chi connectivity index (χ2v) is 9.10. The minimum absolute atomic E-state index is 0.277. The van der Waals surface area contributed by atoms with Crippen LogP contribution in [0.15, 0.2) is 35.3 Å². The Morgan fingerprint density at radius 2 is 1.87 bits per heavy atom. The Kier molecular flexibility index (Phi) is 7.26. The van der Waals surface area contributed by atoms with Crippen molar-refractivity contribution < 1.29 is 4.79 Å². The van der Waals surface area contributed by atoms with Crippen LogP contribution in [0.3, 0.4) is 0 Å². The fraction of sp³-hybridized carbons (Fsp3) is 0.667. The molecule has 30 heavy (non-hydrogen) atoms. The Balaban J connectivity index is 1.22. The molecule has 2 saturated heterocycles. The molecule has 1 aliphatic carbocycles. The molecule has 164 valence electrons. The molecule has 0 bridgehead atoms. The summed E-state index contributed by atoms with van der Waals surface area (Å²) in [7, 11) is 1.84. The number of nitrogens with one attached hydrogen (secondary N) is 2. The van der Waals surface area contributed by atoms with Crippen LogP contribution < -0.4 is 10.6 Å². The molecule has 2 N–H and O–H groups in total. The van der Waals surface area contributed by atoms with Gasteiger partial charge in [0.2, 0.25) is 5.91 Å². The number of rotatable bonds is 6. The molecular formula is C24H37N5O. The summed E-state index contributed by atoms with van der Waals surface area (Å²) < 4.78 is 0. The summed E-state index contributed by atoms with van der Waals surface area (Å²) in [6.45, 7) is 4.76. The summed E-state index contributed by atoms with van der Waals surface area (Å²) >= 11 is 0. The van der Waals surface area contributed by atoms with E-state index in [0.29, 0.717) is 18.0 Å². The number of carbonyl (C=O) groups excluding carboxylic acids is 1. The number of aliphatic imine (C=N–C) groups is 1. The van der Waals surface area contributed by atoms with Crippen molar-refractivity contribution in [3.8, 4) is 0 Å². The minimum Gasteiger partial charge on any atom is -0.355 e. The lowest BCUT2D eigenvalue weighted by Gasteiger charge is -2.26. The van der Waals surface area contributed by atoms with Gasteiger partial charge >= 0.3 is 0 Å². The van der Waals surface area contributed by atoms with Crippen LogP contribution in [0.5, 0.6) is 0 Å². The SMILES string of the molecule is CN=C(NCC1CCCN1Cc1ccccc1)NC1CCN(C(=O)C2CCCC2)C1. The molecule has 3 aliphatic rings. The average molecular weight is 412 g/mol. The number of amides is 1. The third-order valence-corrected chi connectivity index (χ3v) is 7.00. The molecule has 2 heterocycles. The first-order valence-corrected chi connectivity index (χ1v) is 11.8. The van der Waals surface area contributed by atoms with Crippen LogP contribution >= 0.6 is 0 Å². The van der Waals surface area contributed by atoms with Gasteiger partial charge in [-0.05, 0) is 44.2 Å². The average Bonchev–Trinajstić information content (AvgIpc) is 3.54. The predicted molar refractivity (Wildman–Crippen MR) is 121 cm³/mol. The van der Waals surface area contributed by atoms with E-state index in [0.717, 1.165) is 57.9 Å². The zero-order valence-corrected chi connectivity index (χ0v) is 18.4. The van der Waals surface area contributed by atoms with Gasteiger partial charge in [0.15, 0.2) is 5.96 Å². The van der Waals surface area contributed by atoms with Crippen LogP contribution in [0.2, 0.25) is 0 Å². The van der Waals surface area contributed by atoms with Gasteiger partial charge in [-0.1, -0.05) is 43.2 Å². The van der Waals surface area contributed by atoms with Crippen LogP contribution in [0.1, 0.15) is 50.5 Å². The van der Waals surface area contributed by atoms with E-state index in [9.17, 15) is 4.79 Å². The summed E-state index contributed by atoms with van der Waals surface area (Å²) in [6.07, 6.45) is 8.07. The lowest BCUT2D eigenvalue weighted by Crippen LogP contribution is -2.48. The van der Waals surface area contributed by atoms with Crippen LogP contribution in [-0.4, -0.2) is 67.0 Å². The third kappa shape index (κ3) is 5.34. The first-order valence-electron chi connectivity index (χ1n) is 11.8. The van der Waals surface area contributed by atoms with Crippen molar-refractivity contribution in [1.82, 2.24) is 20.4 Å². The fourth-order valence-electron chi connectivity index (χ4n) is 5.26. The van der Waals surface area contributed by atoms with Crippen LogP contribution in [-0.2, 0) is 11.3 Å². The van der Waals surface area contributed by atoms with Crippen molar-refractivity contribution >= 4 is 11.9 Å². The molecule has 2 unspecified atom stereocenters. The maximum Gasteiger partial charge on any atom is 0.225 e. The van der Waals surface area contributed by atoms with Gasteiger partial charge in [0.25, 0.3) is 0 Å². The summed E-state index contributed by atoms with van der Waals surface area (Å²) in [5.74, 6) is 1.52. The smallest absolute Gasteiger partial charge is 0.225 e. The van der Waals surface area contributed by atoms with E-state index >= 15 is 0 Å². The summed E-state index contributed by atoms with van der Waals surface area (Å²) in [6, 6.07) is 11.6. The zero-order chi connectivity index (χ0) is 20.8. The van der Waals surface area contributed by atoms with E-state index in [1.165, 1.54) is 31.2 Å². The summed E-state index contributed by atoms with van der Waals surface area (Å²) in [5, 5.41) is 7.10. The molecular weight excluding hydrogens is 374 g/mol. The van der Waals surface area contributed by atoms with Crippen LogP contribution in [0.4, 0.5) is 0 Å². The van der Waals surface area contributed by atoms with Crippen molar-refractivity contribution in [3.63, 3.8) is 0 Å². The molecule has 1 saturated carbocycles. The molecule has 0 spiro atoms. The first-order chi connectivity index (χ1) is 14.7. The van der Waals surface area contributed by atoms with Crippen LogP contribution in [0, 0.1) is 5.92 Å². The lowest BCUT2D eigenvalue weighted by atomic mass is 10.1. The number of hydrogen-bond donors (Lipinski definition) is 2. The molecule has 6 nitrogen and oxygen atoms in total. The van der Waals surface area contributed by atoms with Crippen molar-refractivity contribution in [1.29, 1.82) is 0 Å². The molecule has 1 aromatic carbocycles. The molecule has 0 aromatic heterocycles. The lowest BCUT2D eigenvalue weighted by molar-refractivity contribution is -0.134. The Labute approximate surface area is 181 Å². The van der Waals surface area contributed by atoms with E-state index < -0.39 is 0 Å². The first kappa shape index (κ1) is 21.2. The molecule has 4 rings (SSSR count). The van der Waals surface area contributed by atoms with Gasteiger partial charge in [0.05, 0.1) is 0 Å². The van der Waals surface area contributed by atoms with Crippen molar-refractivity contribution in [2.75, 3.05) is 33.2 Å². The summed E-state index contributed by atoms with van der Waals surface area (Å²) in [4.78, 5) is 21.8. The molecule has 0 radical (unpaired) electrons. The number of carbonyl (C=O) groups is 1. The second kappa shape index (κ2) is 10.3. The van der Waals surface area contributed by atoms with Gasteiger partial charge in [-0.2, -0.15) is 0 Å². The highest BCUT2D eigenvalue weighted by atomic mass is 16.2. The predicted octanol–water partition coefficient (Wildman–Crippen LogP) is 2.61. The monoisotopic (exact) mass is 411 g/mol. The van der Waals surface area contributed by atoms with E-state index in [-0.39, 0.29) is 5.92 Å². The Morgan fingerprint density at radius 1 is 1.07 bits per heavy atom. The van der Waals surface area contributed by atoms with Gasteiger partial charge in [0, 0.05) is 51.2 Å². The van der Waals surface area contributed by atoms with Gasteiger partial charge in [-0.15, -0.1) is 0 Å². The highest BCUT2D eigenvalue weighted by Gasteiger charge is 2.32. The molecule has 1 amide bonds. The molecule has 6 heteroatoms. The van der Waals surface area contributed by atoms with E-state index in [4.69, 9.17) is 0 Å². The Hall–Kier alpha value is -2.08. The van der Waals surface area contributed by atoms with Gasteiger partial charge in [0.1, 0.15) is 0 Å². The summed E-state index contributed by atoms with van der Waals surface area (Å²) in [5.41, 5.74) is 1.38. The van der Waals surface area contributed by atoms with Crippen LogP contribution in [0.25, 0.3) is 0 Å². The minimum atomic E-state index is 0.277. The Bertz CT molecular complexity index is 716. The van der Waals surface area contributed by atoms with Gasteiger partial charge in [-0.25, -0.2) is 0 Å². The second-order valence-electron chi connectivity index (χ2n) is 9.10. The molecule has 1 aromatic rings. The topological polar surface area (TPSA) is 60.0 Å². The Morgan fingerprint density at radius 3 is 2.63 bits per heavy atom. The quantitative estimate of drug-likeness (QED) is 0.558. The molecule has 2 aliphatic heterocycles. The number of likely N-dealkylation sites (tertiary alicyclic amines) is 2. The molecule has 3 fully saturated rings. The highest BCUT2D eigenvalue weighted by molar-refractivity contribution is 5.81. The standard InChI is InChI=1S/C24H37N5O/c1-25-24(27-21-13-15-29(18-21)23(30)20-10-5-6-11-20)26-16-22-12-7-14-28(22)17-19-8-3-2-4-9-19/h2-4,8-9,20-22H,5-7,10-18H2,1H3,(H2,25,26,27). The number of benzene rings is 1. The zero-order valence-electron chi connectivity index (χ0n) is 18.4. The largest absolute Gasteiger partial charge is 0.355 e.